The normalized spacial score (nSPS) is 18.8. The first-order chi connectivity index (χ1) is 18.7. The average molecular weight is 547 g/mol. The lowest BCUT2D eigenvalue weighted by molar-refractivity contribution is -0.0534. The highest BCUT2D eigenvalue weighted by atomic mass is 19.1. The molecular formula is C29H39FN2O7. The van der Waals surface area contributed by atoms with Crippen LogP contribution in [0, 0.1) is 12.7 Å². The van der Waals surface area contributed by atoms with Gasteiger partial charge in [0.15, 0.2) is 5.78 Å². The Bertz CT molecular complexity index is 1240. The number of aromatic nitrogens is 2. The monoisotopic (exact) mass is 546 g/mol. The Balaban J connectivity index is 1.48. The molecule has 0 saturated carbocycles. The number of esters is 1. The molecule has 1 saturated heterocycles. The predicted octanol–water partition coefficient (Wildman–Crippen LogP) is 4.59. The number of rotatable bonds is 15. The molecule has 2 aromatic rings. The third-order valence-corrected chi connectivity index (χ3v) is 6.96. The molecule has 1 aromatic carbocycles. The summed E-state index contributed by atoms with van der Waals surface area (Å²) >= 11 is 0. The van der Waals surface area contributed by atoms with Crippen LogP contribution in [0.25, 0.3) is 0 Å². The van der Waals surface area contributed by atoms with Gasteiger partial charge in [0.05, 0.1) is 17.9 Å². The largest absolute Gasteiger partial charge is 0.459 e. The Hall–Kier alpha value is -3.11. The van der Waals surface area contributed by atoms with Crippen LogP contribution in [-0.4, -0.2) is 45.2 Å². The summed E-state index contributed by atoms with van der Waals surface area (Å²) in [5, 5.41) is 10.3. The van der Waals surface area contributed by atoms with Crippen molar-refractivity contribution in [2.24, 2.45) is 0 Å². The molecule has 1 aliphatic heterocycles. The third kappa shape index (κ3) is 8.96. The van der Waals surface area contributed by atoms with Crippen LogP contribution >= 0.6 is 0 Å². The first-order valence-electron chi connectivity index (χ1n) is 13.9. The fourth-order valence-electron chi connectivity index (χ4n) is 4.75. The molecule has 1 aromatic heterocycles. The number of ketones is 1. The van der Waals surface area contributed by atoms with E-state index in [0.717, 1.165) is 29.4 Å². The minimum Gasteiger partial charge on any atom is -0.459 e. The minimum absolute atomic E-state index is 0.0216. The number of carbonyl (C=O) groups excluding carboxylic acids is 2. The summed E-state index contributed by atoms with van der Waals surface area (Å²) in [5.41, 5.74) is -0.608. The zero-order valence-corrected chi connectivity index (χ0v) is 22.7. The van der Waals surface area contributed by atoms with Gasteiger partial charge in [-0.1, -0.05) is 58.3 Å². The SMILES string of the molecule is CCCCCCCCCCCC(=O)c1cc(C)cc(C(=O)OC[C@H]2O[C@@H](n3cc(F)c(=O)[nH]c3=O)C[C@@H]2O)c1. The van der Waals surface area contributed by atoms with E-state index in [1.807, 2.05) is 4.98 Å². The Morgan fingerprint density at radius 3 is 2.38 bits per heavy atom. The van der Waals surface area contributed by atoms with Crippen LogP contribution in [0.15, 0.2) is 34.0 Å². The highest BCUT2D eigenvalue weighted by Crippen LogP contribution is 2.28. The fraction of sp³-hybridized carbons (Fsp3) is 0.586. The maximum atomic E-state index is 13.6. The van der Waals surface area contributed by atoms with Gasteiger partial charge in [-0.15, -0.1) is 0 Å². The summed E-state index contributed by atoms with van der Waals surface area (Å²) in [6.07, 6.45) is 8.45. The van der Waals surface area contributed by atoms with Gasteiger partial charge in [0, 0.05) is 18.4 Å². The molecule has 1 aliphatic rings. The van der Waals surface area contributed by atoms with Gasteiger partial charge in [-0.3, -0.25) is 19.1 Å². The zero-order valence-electron chi connectivity index (χ0n) is 22.7. The van der Waals surface area contributed by atoms with Gasteiger partial charge in [0.25, 0.3) is 5.56 Å². The maximum absolute atomic E-state index is 13.6. The number of halogens is 1. The Morgan fingerprint density at radius 1 is 1.05 bits per heavy atom. The van der Waals surface area contributed by atoms with Crippen LogP contribution in [0.4, 0.5) is 4.39 Å². The summed E-state index contributed by atoms with van der Waals surface area (Å²) in [4.78, 5) is 50.6. The second-order valence-corrected chi connectivity index (χ2v) is 10.3. The van der Waals surface area contributed by atoms with E-state index < -0.39 is 41.5 Å². The first kappa shape index (κ1) is 30.4. The van der Waals surface area contributed by atoms with Crippen molar-refractivity contribution in [1.29, 1.82) is 0 Å². The number of ether oxygens (including phenoxy) is 2. The van der Waals surface area contributed by atoms with Gasteiger partial charge < -0.3 is 14.6 Å². The van der Waals surface area contributed by atoms with Crippen LogP contribution < -0.4 is 11.2 Å². The number of nitrogens with zero attached hydrogens (tertiary/aromatic N) is 1. The highest BCUT2D eigenvalue weighted by Gasteiger charge is 2.36. The van der Waals surface area contributed by atoms with Crippen LogP contribution in [-0.2, 0) is 9.47 Å². The Labute approximate surface area is 227 Å². The maximum Gasteiger partial charge on any atom is 0.338 e. The summed E-state index contributed by atoms with van der Waals surface area (Å²) < 4.78 is 25.4. The van der Waals surface area contributed by atoms with E-state index in [0.29, 0.717) is 18.2 Å². The number of aliphatic hydroxyl groups is 1. The molecule has 214 valence electrons. The number of aromatic amines is 1. The molecule has 3 rings (SSSR count). The molecular weight excluding hydrogens is 507 g/mol. The smallest absolute Gasteiger partial charge is 0.338 e. The van der Waals surface area contributed by atoms with Crippen molar-refractivity contribution in [2.45, 2.75) is 103 Å². The standard InChI is InChI=1S/C29H39FN2O7/c1-3-4-5-6-7-8-9-10-11-12-23(33)20-13-19(2)14-21(15-20)28(36)38-18-25-24(34)16-26(39-25)32-17-22(30)27(35)31-29(32)37/h13-15,17,24-26,34H,3-12,16,18H2,1-2H3,(H,31,35,37)/t24-,25+,26+/m0/s1. The highest BCUT2D eigenvalue weighted by molar-refractivity contribution is 5.99. The first-order valence-corrected chi connectivity index (χ1v) is 13.9. The van der Waals surface area contributed by atoms with Crippen molar-refractivity contribution in [1.82, 2.24) is 9.55 Å². The van der Waals surface area contributed by atoms with Crippen LogP contribution in [0.1, 0.15) is 110 Å². The molecule has 0 radical (unpaired) electrons. The number of H-pyrrole nitrogens is 1. The summed E-state index contributed by atoms with van der Waals surface area (Å²) in [6, 6.07) is 4.89. The number of hydrogen-bond donors (Lipinski definition) is 2. The topological polar surface area (TPSA) is 128 Å². The Kier molecular flexibility index (Phi) is 11.6. The number of benzene rings is 1. The van der Waals surface area contributed by atoms with Crippen molar-refractivity contribution in [2.75, 3.05) is 6.61 Å². The van der Waals surface area contributed by atoms with E-state index in [1.165, 1.54) is 44.6 Å². The number of aliphatic hydroxyl groups excluding tert-OH is 1. The van der Waals surface area contributed by atoms with E-state index in [2.05, 4.69) is 6.92 Å². The summed E-state index contributed by atoms with van der Waals surface area (Å²) in [6.45, 7) is 3.69. The third-order valence-electron chi connectivity index (χ3n) is 6.96. The van der Waals surface area contributed by atoms with Gasteiger partial charge >= 0.3 is 11.7 Å². The molecule has 2 heterocycles. The lowest BCUT2D eigenvalue weighted by Crippen LogP contribution is -2.34. The lowest BCUT2D eigenvalue weighted by Gasteiger charge is -2.16. The minimum atomic E-state index is -1.16. The summed E-state index contributed by atoms with van der Waals surface area (Å²) in [5.74, 6) is -1.86. The van der Waals surface area contributed by atoms with E-state index in [9.17, 15) is 28.7 Å². The Morgan fingerprint density at radius 2 is 1.69 bits per heavy atom. The van der Waals surface area contributed by atoms with Crippen molar-refractivity contribution >= 4 is 11.8 Å². The fourth-order valence-corrected chi connectivity index (χ4v) is 4.75. The van der Waals surface area contributed by atoms with E-state index in [4.69, 9.17) is 9.47 Å². The second-order valence-electron chi connectivity index (χ2n) is 10.3. The van der Waals surface area contributed by atoms with E-state index in [-0.39, 0.29) is 24.4 Å². The predicted molar refractivity (Wildman–Crippen MR) is 143 cm³/mol. The molecule has 0 spiro atoms. The van der Waals surface area contributed by atoms with Crippen LogP contribution in [0.2, 0.25) is 0 Å². The van der Waals surface area contributed by atoms with Gasteiger partial charge in [-0.25, -0.2) is 9.59 Å². The summed E-state index contributed by atoms with van der Waals surface area (Å²) in [7, 11) is 0. The number of Topliss-reactive ketones (excluding diaryl/α,β-unsaturated/α-hetero) is 1. The quantitative estimate of drug-likeness (QED) is 0.190. The molecule has 0 aliphatic carbocycles. The molecule has 2 N–H and O–H groups in total. The average Bonchev–Trinajstić information content (AvgIpc) is 3.27. The molecule has 10 heteroatoms. The van der Waals surface area contributed by atoms with Gasteiger partial charge in [0.1, 0.15) is 18.9 Å². The van der Waals surface area contributed by atoms with Crippen molar-refractivity contribution in [3.63, 3.8) is 0 Å². The van der Waals surface area contributed by atoms with Crippen molar-refractivity contribution in [3.05, 3.63) is 67.7 Å². The number of aryl methyl sites for hydroxylation is 1. The molecule has 0 unspecified atom stereocenters. The second kappa shape index (κ2) is 14.9. The zero-order chi connectivity index (χ0) is 28.4. The number of carbonyl (C=O) groups is 2. The van der Waals surface area contributed by atoms with Crippen molar-refractivity contribution in [3.8, 4) is 0 Å². The van der Waals surface area contributed by atoms with Gasteiger partial charge in [-0.05, 0) is 37.1 Å². The van der Waals surface area contributed by atoms with Crippen molar-refractivity contribution < 1.29 is 28.6 Å². The molecule has 9 nitrogen and oxygen atoms in total. The van der Waals surface area contributed by atoms with Crippen LogP contribution in [0.5, 0.6) is 0 Å². The van der Waals surface area contributed by atoms with E-state index >= 15 is 0 Å². The molecule has 3 atom stereocenters. The van der Waals surface area contributed by atoms with E-state index in [1.54, 1.807) is 19.1 Å². The molecule has 0 bridgehead atoms. The van der Waals surface area contributed by atoms with Gasteiger partial charge in [0.2, 0.25) is 5.82 Å². The molecule has 1 fully saturated rings. The van der Waals surface area contributed by atoms with Crippen LogP contribution in [0.3, 0.4) is 0 Å². The molecule has 0 amide bonds. The molecule has 39 heavy (non-hydrogen) atoms. The number of hydrogen-bond acceptors (Lipinski definition) is 7. The number of nitrogens with one attached hydrogen (secondary N) is 1. The number of unbranched alkanes of at least 4 members (excludes halogenated alkanes) is 8. The van der Waals surface area contributed by atoms with Gasteiger partial charge in [-0.2, -0.15) is 4.39 Å². The lowest BCUT2D eigenvalue weighted by atomic mass is 9.99.